The van der Waals surface area contributed by atoms with Crippen molar-refractivity contribution in [2.75, 3.05) is 0 Å². The highest BCUT2D eigenvalue weighted by Gasteiger charge is 2.18. The van der Waals surface area contributed by atoms with Crippen molar-refractivity contribution in [2.45, 2.75) is 37.7 Å². The average molecular weight is 253 g/mol. The van der Waals surface area contributed by atoms with Gasteiger partial charge in [-0.3, -0.25) is 4.18 Å². The second-order valence-corrected chi connectivity index (χ2v) is 5.44. The Morgan fingerprint density at radius 2 is 1.94 bits per heavy atom. The Labute approximate surface area is 102 Å². The summed E-state index contributed by atoms with van der Waals surface area (Å²) >= 11 is 0. The van der Waals surface area contributed by atoms with Crippen LogP contribution in [0.25, 0.3) is 0 Å². The lowest BCUT2D eigenvalue weighted by Gasteiger charge is -2.11. The van der Waals surface area contributed by atoms with E-state index in [1.54, 1.807) is 19.1 Å². The predicted molar refractivity (Wildman–Crippen MR) is 63.8 cm³/mol. The first kappa shape index (κ1) is 13.7. The van der Waals surface area contributed by atoms with Crippen molar-refractivity contribution >= 4 is 10.1 Å². The highest BCUT2D eigenvalue weighted by atomic mass is 32.2. The van der Waals surface area contributed by atoms with E-state index in [1.165, 1.54) is 12.1 Å². The Kier molecular flexibility index (Phi) is 4.67. The van der Waals surface area contributed by atoms with E-state index in [1.807, 2.05) is 13.0 Å². The average Bonchev–Trinajstić information content (AvgIpc) is 2.26. The molecular weight excluding hydrogens is 238 g/mol. The number of benzene rings is 1. The summed E-state index contributed by atoms with van der Waals surface area (Å²) in [5.41, 5.74) is 0.987. The SMILES string of the molecule is Cc1ccc(S(=O)(=O)O[C@@H](C)CCC#N)cc1. The molecule has 0 aliphatic rings. The third-order valence-corrected chi connectivity index (χ3v) is 3.69. The standard InChI is InChI=1S/C12H15NO3S/c1-10-5-7-12(8-6-10)17(14,15)16-11(2)4-3-9-13/h5-8,11H,3-4H2,1-2H3/t11-/m0/s1. The summed E-state index contributed by atoms with van der Waals surface area (Å²) in [4.78, 5) is 0.145. The van der Waals surface area contributed by atoms with Crippen molar-refractivity contribution in [3.05, 3.63) is 29.8 Å². The molecule has 1 atom stereocenters. The topological polar surface area (TPSA) is 67.2 Å². The first-order valence-corrected chi connectivity index (χ1v) is 6.73. The monoisotopic (exact) mass is 253 g/mol. The van der Waals surface area contributed by atoms with Crippen molar-refractivity contribution in [1.82, 2.24) is 0 Å². The largest absolute Gasteiger partial charge is 0.297 e. The second-order valence-electron chi connectivity index (χ2n) is 3.87. The molecule has 0 fully saturated rings. The zero-order chi connectivity index (χ0) is 12.9. The molecule has 1 aromatic carbocycles. The first-order chi connectivity index (χ1) is 7.95. The summed E-state index contributed by atoms with van der Waals surface area (Å²) in [5.74, 6) is 0. The second kappa shape index (κ2) is 5.80. The van der Waals surface area contributed by atoms with Gasteiger partial charge in [0.15, 0.2) is 0 Å². The lowest BCUT2D eigenvalue weighted by molar-refractivity contribution is 0.220. The Balaban J connectivity index is 2.75. The molecule has 0 spiro atoms. The van der Waals surface area contributed by atoms with Gasteiger partial charge in [-0.2, -0.15) is 13.7 Å². The Bertz CT molecular complexity index is 500. The van der Waals surface area contributed by atoms with Gasteiger partial charge in [0.05, 0.1) is 17.1 Å². The molecular formula is C12H15NO3S. The molecule has 5 heteroatoms. The van der Waals surface area contributed by atoms with Gasteiger partial charge in [-0.1, -0.05) is 17.7 Å². The smallest absolute Gasteiger partial charge is 0.263 e. The highest BCUT2D eigenvalue weighted by molar-refractivity contribution is 7.86. The fraction of sp³-hybridized carbons (Fsp3) is 0.417. The molecule has 92 valence electrons. The molecule has 0 unspecified atom stereocenters. The van der Waals surface area contributed by atoms with E-state index in [-0.39, 0.29) is 11.3 Å². The minimum absolute atomic E-state index is 0.145. The summed E-state index contributed by atoms with van der Waals surface area (Å²) in [6.45, 7) is 3.52. The summed E-state index contributed by atoms with van der Waals surface area (Å²) in [5, 5.41) is 8.41. The van der Waals surface area contributed by atoms with Crippen LogP contribution in [-0.2, 0) is 14.3 Å². The molecule has 1 rings (SSSR count). The van der Waals surface area contributed by atoms with Gasteiger partial charge < -0.3 is 0 Å². The zero-order valence-electron chi connectivity index (χ0n) is 9.88. The van der Waals surface area contributed by atoms with Gasteiger partial charge in [0.1, 0.15) is 0 Å². The van der Waals surface area contributed by atoms with E-state index in [2.05, 4.69) is 0 Å². The van der Waals surface area contributed by atoms with E-state index in [0.717, 1.165) is 5.56 Å². The predicted octanol–water partition coefficient (Wildman–Crippen LogP) is 2.39. The van der Waals surface area contributed by atoms with Crippen LogP contribution in [0.3, 0.4) is 0 Å². The molecule has 17 heavy (non-hydrogen) atoms. The molecule has 0 heterocycles. The van der Waals surface area contributed by atoms with Crippen LogP contribution in [0.2, 0.25) is 0 Å². The van der Waals surface area contributed by atoms with E-state index in [4.69, 9.17) is 9.44 Å². The maximum absolute atomic E-state index is 11.8. The van der Waals surface area contributed by atoms with E-state index >= 15 is 0 Å². The first-order valence-electron chi connectivity index (χ1n) is 5.32. The molecule has 0 aliphatic heterocycles. The van der Waals surface area contributed by atoms with Gasteiger partial charge in [-0.15, -0.1) is 0 Å². The summed E-state index contributed by atoms with van der Waals surface area (Å²) < 4.78 is 28.6. The maximum atomic E-state index is 11.8. The third kappa shape index (κ3) is 4.17. The molecule has 1 aromatic rings. The normalized spacial score (nSPS) is 13.0. The van der Waals surface area contributed by atoms with Crippen molar-refractivity contribution in [3.8, 4) is 6.07 Å². The van der Waals surface area contributed by atoms with Gasteiger partial charge in [-0.25, -0.2) is 0 Å². The zero-order valence-corrected chi connectivity index (χ0v) is 10.7. The van der Waals surface area contributed by atoms with Crippen molar-refractivity contribution in [2.24, 2.45) is 0 Å². The fourth-order valence-corrected chi connectivity index (χ4v) is 2.40. The summed E-state index contributed by atoms with van der Waals surface area (Å²) in [7, 11) is -3.72. The number of nitrogens with zero attached hydrogens (tertiary/aromatic N) is 1. The Hall–Kier alpha value is -1.38. The molecule has 0 aromatic heterocycles. The van der Waals surface area contributed by atoms with Crippen LogP contribution < -0.4 is 0 Å². The molecule has 0 bridgehead atoms. The minimum Gasteiger partial charge on any atom is -0.263 e. The summed E-state index contributed by atoms with van der Waals surface area (Å²) in [6, 6.07) is 8.42. The van der Waals surface area contributed by atoms with Crippen molar-refractivity contribution < 1.29 is 12.6 Å². The number of aryl methyl sites for hydroxylation is 1. The van der Waals surface area contributed by atoms with Gasteiger partial charge in [0.2, 0.25) is 0 Å². The van der Waals surface area contributed by atoms with Gasteiger partial charge in [0, 0.05) is 6.42 Å². The van der Waals surface area contributed by atoms with Gasteiger partial charge >= 0.3 is 0 Å². The maximum Gasteiger partial charge on any atom is 0.297 e. The third-order valence-electron chi connectivity index (χ3n) is 2.26. The molecule has 0 aliphatic carbocycles. The number of hydrogen-bond acceptors (Lipinski definition) is 4. The van der Waals surface area contributed by atoms with E-state index in [9.17, 15) is 8.42 Å². The Morgan fingerprint density at radius 1 is 1.35 bits per heavy atom. The van der Waals surface area contributed by atoms with Gasteiger partial charge in [-0.05, 0) is 32.4 Å². The fourth-order valence-electron chi connectivity index (χ4n) is 1.29. The molecule has 0 amide bonds. The highest BCUT2D eigenvalue weighted by Crippen LogP contribution is 2.16. The van der Waals surface area contributed by atoms with E-state index < -0.39 is 16.2 Å². The van der Waals surface area contributed by atoms with Crippen LogP contribution >= 0.6 is 0 Å². The van der Waals surface area contributed by atoms with Crippen LogP contribution in [0.15, 0.2) is 29.2 Å². The van der Waals surface area contributed by atoms with Crippen molar-refractivity contribution in [1.29, 1.82) is 5.26 Å². The Morgan fingerprint density at radius 3 is 2.47 bits per heavy atom. The van der Waals surface area contributed by atoms with Crippen LogP contribution in [0.5, 0.6) is 0 Å². The number of nitriles is 1. The number of rotatable bonds is 5. The van der Waals surface area contributed by atoms with Crippen LogP contribution in [0.1, 0.15) is 25.3 Å². The molecule has 0 radical (unpaired) electrons. The lowest BCUT2D eigenvalue weighted by atomic mass is 10.2. The quantitative estimate of drug-likeness (QED) is 0.756. The minimum atomic E-state index is -3.72. The van der Waals surface area contributed by atoms with E-state index in [0.29, 0.717) is 6.42 Å². The van der Waals surface area contributed by atoms with Crippen molar-refractivity contribution in [3.63, 3.8) is 0 Å². The van der Waals surface area contributed by atoms with Crippen LogP contribution in [0, 0.1) is 18.3 Å². The molecule has 0 saturated carbocycles. The van der Waals surface area contributed by atoms with Crippen LogP contribution in [0.4, 0.5) is 0 Å². The molecule has 0 N–H and O–H groups in total. The number of hydrogen-bond donors (Lipinski definition) is 0. The van der Waals surface area contributed by atoms with Gasteiger partial charge in [0.25, 0.3) is 10.1 Å². The summed E-state index contributed by atoms with van der Waals surface area (Å²) in [6.07, 6.45) is 0.201. The lowest BCUT2D eigenvalue weighted by Crippen LogP contribution is -2.15. The van der Waals surface area contributed by atoms with Crippen LogP contribution in [-0.4, -0.2) is 14.5 Å². The molecule has 4 nitrogen and oxygen atoms in total. The molecule has 0 saturated heterocycles.